The van der Waals surface area contributed by atoms with E-state index in [1.807, 2.05) is 6.29 Å². The van der Waals surface area contributed by atoms with Crippen LogP contribution in [0.4, 0.5) is 0 Å². The van der Waals surface area contributed by atoms with Crippen molar-refractivity contribution in [3.8, 4) is 0 Å². The van der Waals surface area contributed by atoms with Gasteiger partial charge in [-0.05, 0) is 0 Å². The minimum Gasteiger partial charge on any atom is -0.542 e. The molecule has 0 fully saturated rings. The van der Waals surface area contributed by atoms with E-state index in [1.54, 1.807) is 0 Å². The van der Waals surface area contributed by atoms with E-state index in [2.05, 4.69) is 6.92 Å². The van der Waals surface area contributed by atoms with Gasteiger partial charge in [-0.3, -0.25) is 6.29 Å². The van der Waals surface area contributed by atoms with Crippen molar-refractivity contribution in [2.24, 2.45) is 0 Å². The molecular weight excluding hydrogens is 278 g/mol. The summed E-state index contributed by atoms with van der Waals surface area (Å²) in [7, 11) is -4.64. The quantitative estimate of drug-likeness (QED) is 0.230. The average molecular weight is 304 g/mol. The second-order valence-corrected chi connectivity index (χ2v) is 5.26. The fraction of sp³-hybridized carbons (Fsp3) is 0.917. The average Bonchev–Trinajstić information content (AvgIpc) is 2.25. The molecule has 110 valence electrons. The van der Waals surface area contributed by atoms with Gasteiger partial charge < -0.3 is 19.5 Å². The second-order valence-electron chi connectivity index (χ2n) is 4.24. The normalized spacial score (nSPS) is 10.1. The first-order valence-electron chi connectivity index (χ1n) is 6.55. The summed E-state index contributed by atoms with van der Waals surface area (Å²) in [6.45, 7) is 2.25. The Labute approximate surface area is 138 Å². The van der Waals surface area contributed by atoms with Crippen molar-refractivity contribution in [1.82, 2.24) is 0 Å². The van der Waals surface area contributed by atoms with E-state index < -0.39 is 7.82 Å². The Morgan fingerprint density at radius 3 is 1.47 bits per heavy atom. The fourth-order valence-electron chi connectivity index (χ4n) is 1.51. The van der Waals surface area contributed by atoms with Gasteiger partial charge in [-0.2, -0.15) is 6.42 Å². The van der Waals surface area contributed by atoms with Gasteiger partial charge in [0, 0.05) is 0 Å². The third-order valence-electron chi connectivity index (χ3n) is 2.38. The summed E-state index contributed by atoms with van der Waals surface area (Å²) in [6.07, 6.45) is 14.4. The third kappa shape index (κ3) is 45.5. The number of hydrogen-bond acceptors (Lipinski definition) is 2. The van der Waals surface area contributed by atoms with Gasteiger partial charge in [0.1, 0.15) is 0 Å². The molecule has 0 aliphatic heterocycles. The van der Waals surface area contributed by atoms with E-state index in [9.17, 15) is 4.79 Å². The summed E-state index contributed by atoms with van der Waals surface area (Å²) in [6, 6.07) is 0. The van der Waals surface area contributed by atoms with E-state index >= 15 is 0 Å². The summed E-state index contributed by atoms with van der Waals surface area (Å²) < 4.78 is 8.88. The Kier molecular flexibility index (Phi) is 24.5. The number of unbranched alkanes of at least 4 members (excludes halogenated alkanes) is 9. The van der Waals surface area contributed by atoms with Crippen LogP contribution in [-0.4, -0.2) is 21.0 Å². The minimum atomic E-state index is -4.64. The SMILES string of the molecule is CCCCCCCCCCC[C-]=O.O=P(O)(O)O.[Na+]. The Hall–Kier alpha value is 0.780. The predicted octanol–water partition coefficient (Wildman–Crippen LogP) is 0.0924. The maximum Gasteiger partial charge on any atom is 1.00 e. The number of rotatable bonds is 10. The molecule has 0 saturated carbocycles. The van der Waals surface area contributed by atoms with Crippen molar-refractivity contribution >= 4 is 14.1 Å². The van der Waals surface area contributed by atoms with Crippen LogP contribution >= 0.6 is 7.82 Å². The second kappa shape index (κ2) is 18.8. The first-order valence-corrected chi connectivity index (χ1v) is 8.11. The molecule has 0 saturated heterocycles. The molecule has 0 amide bonds. The van der Waals surface area contributed by atoms with Crippen LogP contribution in [-0.2, 0) is 9.36 Å². The van der Waals surface area contributed by atoms with Gasteiger partial charge >= 0.3 is 37.4 Å². The molecule has 3 N–H and O–H groups in total. The Morgan fingerprint density at radius 2 is 1.16 bits per heavy atom. The van der Waals surface area contributed by atoms with Crippen molar-refractivity contribution in [2.75, 3.05) is 0 Å². The van der Waals surface area contributed by atoms with Gasteiger partial charge in [-0.1, -0.05) is 64.7 Å². The first-order chi connectivity index (χ1) is 8.41. The predicted molar refractivity (Wildman–Crippen MR) is 71.8 cm³/mol. The summed E-state index contributed by atoms with van der Waals surface area (Å²) in [4.78, 5) is 31.4. The molecule has 0 aromatic carbocycles. The molecule has 5 nitrogen and oxygen atoms in total. The van der Waals surface area contributed by atoms with Crippen LogP contribution in [0.25, 0.3) is 0 Å². The van der Waals surface area contributed by atoms with E-state index in [4.69, 9.17) is 19.2 Å². The molecule has 0 aromatic heterocycles. The van der Waals surface area contributed by atoms with Gasteiger partial charge in [0.05, 0.1) is 0 Å². The molecular formula is C12H26NaO5P. The van der Waals surface area contributed by atoms with Crippen LogP contribution in [0.1, 0.15) is 71.1 Å². The minimum absolute atomic E-state index is 0. The van der Waals surface area contributed by atoms with Crippen LogP contribution in [0.5, 0.6) is 0 Å². The van der Waals surface area contributed by atoms with E-state index in [1.165, 1.54) is 51.4 Å². The van der Waals surface area contributed by atoms with Crippen LogP contribution in [0.2, 0.25) is 0 Å². The number of carbonyl (C=O) groups excluding carboxylic acids is 1. The summed E-state index contributed by atoms with van der Waals surface area (Å²) in [5, 5.41) is 0. The van der Waals surface area contributed by atoms with E-state index in [0.29, 0.717) is 6.42 Å². The number of phosphoric acid groups is 1. The fourth-order valence-corrected chi connectivity index (χ4v) is 1.51. The van der Waals surface area contributed by atoms with E-state index in [-0.39, 0.29) is 29.6 Å². The molecule has 0 bridgehead atoms. The van der Waals surface area contributed by atoms with Crippen molar-refractivity contribution in [3.63, 3.8) is 0 Å². The smallest absolute Gasteiger partial charge is 0.542 e. The van der Waals surface area contributed by atoms with Crippen LogP contribution in [0, 0.1) is 0 Å². The maximum absolute atomic E-state index is 9.89. The molecule has 0 aromatic rings. The molecule has 0 unspecified atom stereocenters. The maximum atomic E-state index is 9.89. The van der Waals surface area contributed by atoms with Crippen molar-refractivity contribution in [3.05, 3.63) is 0 Å². The summed E-state index contributed by atoms with van der Waals surface area (Å²) in [5.41, 5.74) is 0. The number of hydrogen-bond donors (Lipinski definition) is 3. The third-order valence-corrected chi connectivity index (χ3v) is 2.38. The molecule has 19 heavy (non-hydrogen) atoms. The molecule has 0 aliphatic carbocycles. The van der Waals surface area contributed by atoms with Gasteiger partial charge in [-0.25, -0.2) is 4.57 Å². The monoisotopic (exact) mass is 304 g/mol. The standard InChI is InChI=1S/C12H23O.Na.H3O4P/c1-2-3-4-5-6-7-8-9-10-11-12-13;;1-5(2,3)4/h2-11H2,1H3;;(H3,1,2,3,4)/q-1;+1;. The largest absolute Gasteiger partial charge is 1.00 e. The molecule has 0 radical (unpaired) electrons. The Balaban J connectivity index is -0.000000366. The first kappa shape index (κ1) is 24.8. The zero-order valence-corrected chi connectivity index (χ0v) is 15.1. The molecule has 0 rings (SSSR count). The molecule has 0 aliphatic rings. The molecule has 7 heteroatoms. The topological polar surface area (TPSA) is 94.8 Å². The van der Waals surface area contributed by atoms with Crippen molar-refractivity contribution < 1.29 is 53.6 Å². The van der Waals surface area contributed by atoms with Crippen LogP contribution < -0.4 is 29.6 Å². The van der Waals surface area contributed by atoms with Crippen molar-refractivity contribution in [1.29, 1.82) is 0 Å². The Bertz CT molecular complexity index is 212. The summed E-state index contributed by atoms with van der Waals surface area (Å²) in [5.74, 6) is 0. The van der Waals surface area contributed by atoms with Gasteiger partial charge in [0.2, 0.25) is 0 Å². The molecule has 0 spiro atoms. The van der Waals surface area contributed by atoms with Crippen molar-refractivity contribution in [2.45, 2.75) is 71.1 Å². The van der Waals surface area contributed by atoms with Gasteiger partial charge in [0.15, 0.2) is 0 Å². The molecule has 0 atom stereocenters. The van der Waals surface area contributed by atoms with Gasteiger partial charge in [-0.15, -0.1) is 0 Å². The van der Waals surface area contributed by atoms with Gasteiger partial charge in [0.25, 0.3) is 0 Å². The molecule has 0 heterocycles. The van der Waals surface area contributed by atoms with Crippen LogP contribution in [0.3, 0.4) is 0 Å². The zero-order chi connectivity index (χ0) is 14.3. The van der Waals surface area contributed by atoms with Crippen LogP contribution in [0.15, 0.2) is 0 Å². The zero-order valence-electron chi connectivity index (χ0n) is 12.2. The Morgan fingerprint density at radius 1 is 0.842 bits per heavy atom. The van der Waals surface area contributed by atoms with E-state index in [0.717, 1.165) is 6.42 Å². The summed E-state index contributed by atoms with van der Waals surface area (Å²) >= 11 is 0.